The second kappa shape index (κ2) is 5.86. The second-order valence-corrected chi connectivity index (χ2v) is 5.48. The second-order valence-electron chi connectivity index (χ2n) is 5.48. The lowest BCUT2D eigenvalue weighted by molar-refractivity contribution is 0.0150. The molecule has 0 N–H and O–H groups in total. The van der Waals surface area contributed by atoms with Crippen LogP contribution in [0.3, 0.4) is 0 Å². The van der Waals surface area contributed by atoms with Crippen molar-refractivity contribution >= 4 is 0 Å². The summed E-state index contributed by atoms with van der Waals surface area (Å²) < 4.78 is 5.32. The maximum Gasteiger partial charge on any atom is 0.0618 e. The molecule has 0 saturated carbocycles. The van der Waals surface area contributed by atoms with Crippen LogP contribution in [0.15, 0.2) is 0 Å². The van der Waals surface area contributed by atoms with Crippen LogP contribution in [-0.4, -0.2) is 37.2 Å². The van der Waals surface area contributed by atoms with E-state index in [0.717, 1.165) is 18.4 Å². The van der Waals surface area contributed by atoms with E-state index in [2.05, 4.69) is 32.6 Å². The lowest BCUT2D eigenvalue weighted by atomic mass is 9.84. The Morgan fingerprint density at radius 3 is 2.33 bits per heavy atom. The van der Waals surface area contributed by atoms with Gasteiger partial charge in [-0.15, -0.1) is 0 Å². The van der Waals surface area contributed by atoms with Gasteiger partial charge in [0, 0.05) is 25.7 Å². The molecule has 2 nitrogen and oxygen atoms in total. The maximum absolute atomic E-state index is 5.32. The topological polar surface area (TPSA) is 12.5 Å². The van der Waals surface area contributed by atoms with Gasteiger partial charge in [-0.05, 0) is 38.5 Å². The van der Waals surface area contributed by atoms with Gasteiger partial charge >= 0.3 is 0 Å². The Hall–Kier alpha value is -0.0800. The van der Waals surface area contributed by atoms with Crippen LogP contribution >= 0.6 is 0 Å². The molecule has 0 amide bonds. The number of ether oxygens (including phenoxy) is 1. The third-order valence-corrected chi connectivity index (χ3v) is 3.75. The molecular weight excluding hydrogens is 186 g/mol. The van der Waals surface area contributed by atoms with Gasteiger partial charge in [-0.3, -0.25) is 4.90 Å². The molecule has 1 heterocycles. The van der Waals surface area contributed by atoms with Gasteiger partial charge < -0.3 is 4.74 Å². The minimum Gasteiger partial charge on any atom is -0.383 e. The first-order valence-electron chi connectivity index (χ1n) is 6.31. The summed E-state index contributed by atoms with van der Waals surface area (Å²) in [6.45, 7) is 11.4. The van der Waals surface area contributed by atoms with Crippen LogP contribution in [0.5, 0.6) is 0 Å². The fourth-order valence-electron chi connectivity index (χ4n) is 2.63. The molecule has 0 radical (unpaired) electrons. The predicted molar refractivity (Wildman–Crippen MR) is 65.1 cm³/mol. The minimum absolute atomic E-state index is 0.644. The summed E-state index contributed by atoms with van der Waals surface area (Å²) in [5.74, 6) is 1.69. The Balaban J connectivity index is 2.56. The van der Waals surface area contributed by atoms with Crippen molar-refractivity contribution in [3.8, 4) is 0 Å². The summed E-state index contributed by atoms with van der Waals surface area (Å²) in [5, 5.41) is 0. The number of piperidine rings is 1. The zero-order valence-corrected chi connectivity index (χ0v) is 11.0. The monoisotopic (exact) mass is 213 g/mol. The number of hydrogen-bond acceptors (Lipinski definition) is 2. The number of likely N-dealkylation sites (tertiary alicyclic amines) is 1. The van der Waals surface area contributed by atoms with E-state index in [1.807, 2.05) is 7.11 Å². The molecule has 1 unspecified atom stereocenters. The van der Waals surface area contributed by atoms with Crippen LogP contribution in [-0.2, 0) is 4.74 Å². The third-order valence-electron chi connectivity index (χ3n) is 3.75. The lowest BCUT2D eigenvalue weighted by Gasteiger charge is -2.43. The summed E-state index contributed by atoms with van der Waals surface area (Å²) in [7, 11) is 1.81. The Labute approximate surface area is 95.0 Å². The number of nitrogens with zero attached hydrogens (tertiary/aromatic N) is 1. The molecule has 0 bridgehead atoms. The van der Waals surface area contributed by atoms with Crippen LogP contribution in [0.4, 0.5) is 0 Å². The molecule has 0 aromatic rings. The van der Waals surface area contributed by atoms with Crippen molar-refractivity contribution in [2.75, 3.05) is 20.3 Å². The van der Waals surface area contributed by atoms with Gasteiger partial charge in [0.25, 0.3) is 0 Å². The van der Waals surface area contributed by atoms with Crippen molar-refractivity contribution in [1.82, 2.24) is 4.90 Å². The number of rotatable bonds is 4. The largest absolute Gasteiger partial charge is 0.383 e. The SMILES string of the molecule is COC[C@H]1CCC(C(C)C)CN1C(C)C. The van der Waals surface area contributed by atoms with Crippen LogP contribution in [0.25, 0.3) is 0 Å². The first-order chi connectivity index (χ1) is 7.06. The molecule has 0 aliphatic carbocycles. The maximum atomic E-state index is 5.32. The van der Waals surface area contributed by atoms with Crippen molar-refractivity contribution in [2.45, 2.75) is 52.6 Å². The molecule has 15 heavy (non-hydrogen) atoms. The minimum atomic E-state index is 0.644. The highest BCUT2D eigenvalue weighted by atomic mass is 16.5. The van der Waals surface area contributed by atoms with Gasteiger partial charge in [0.15, 0.2) is 0 Å². The van der Waals surface area contributed by atoms with E-state index in [1.54, 1.807) is 0 Å². The van der Waals surface area contributed by atoms with Crippen molar-refractivity contribution in [3.63, 3.8) is 0 Å². The molecule has 1 saturated heterocycles. The summed E-state index contributed by atoms with van der Waals surface area (Å²) in [4.78, 5) is 2.62. The zero-order valence-electron chi connectivity index (χ0n) is 11.0. The summed E-state index contributed by atoms with van der Waals surface area (Å²) in [6, 6.07) is 1.29. The van der Waals surface area contributed by atoms with E-state index in [9.17, 15) is 0 Å². The van der Waals surface area contributed by atoms with E-state index in [1.165, 1.54) is 19.4 Å². The highest BCUT2D eigenvalue weighted by molar-refractivity contribution is 4.84. The first-order valence-corrected chi connectivity index (χ1v) is 6.31. The van der Waals surface area contributed by atoms with E-state index < -0.39 is 0 Å². The van der Waals surface area contributed by atoms with E-state index in [4.69, 9.17) is 4.74 Å². The molecule has 2 atom stereocenters. The van der Waals surface area contributed by atoms with Crippen LogP contribution in [0.1, 0.15) is 40.5 Å². The molecule has 2 heteroatoms. The molecule has 0 spiro atoms. The standard InChI is InChI=1S/C13H27NO/c1-10(2)12-6-7-13(9-15-5)14(8-12)11(3)4/h10-13H,6-9H2,1-5H3/t12?,13-/m1/s1. The third kappa shape index (κ3) is 3.46. The summed E-state index contributed by atoms with van der Waals surface area (Å²) in [6.07, 6.45) is 2.67. The van der Waals surface area contributed by atoms with Gasteiger partial charge in [0.1, 0.15) is 0 Å². The van der Waals surface area contributed by atoms with E-state index in [-0.39, 0.29) is 0 Å². The molecular formula is C13H27NO. The molecule has 1 rings (SSSR count). The van der Waals surface area contributed by atoms with Crippen LogP contribution < -0.4 is 0 Å². The Bertz CT molecular complexity index is 179. The number of methoxy groups -OCH3 is 1. The molecule has 1 aliphatic heterocycles. The smallest absolute Gasteiger partial charge is 0.0618 e. The average molecular weight is 213 g/mol. The molecule has 1 aliphatic rings. The molecule has 0 aromatic heterocycles. The summed E-state index contributed by atoms with van der Waals surface area (Å²) >= 11 is 0. The Kier molecular flexibility index (Phi) is 5.07. The lowest BCUT2D eigenvalue weighted by Crippen LogP contribution is -2.49. The van der Waals surface area contributed by atoms with Gasteiger partial charge in [-0.1, -0.05) is 13.8 Å². The van der Waals surface area contributed by atoms with Crippen molar-refractivity contribution in [1.29, 1.82) is 0 Å². The quantitative estimate of drug-likeness (QED) is 0.712. The predicted octanol–water partition coefficient (Wildman–Crippen LogP) is 2.78. The van der Waals surface area contributed by atoms with E-state index in [0.29, 0.717) is 12.1 Å². The van der Waals surface area contributed by atoms with Gasteiger partial charge in [-0.2, -0.15) is 0 Å². The highest BCUT2D eigenvalue weighted by Gasteiger charge is 2.30. The average Bonchev–Trinajstić information content (AvgIpc) is 2.18. The van der Waals surface area contributed by atoms with Gasteiger partial charge in [0.2, 0.25) is 0 Å². The van der Waals surface area contributed by atoms with Gasteiger partial charge in [0.05, 0.1) is 6.61 Å². The fourth-order valence-corrected chi connectivity index (χ4v) is 2.63. The summed E-state index contributed by atoms with van der Waals surface area (Å²) in [5.41, 5.74) is 0. The van der Waals surface area contributed by atoms with Gasteiger partial charge in [-0.25, -0.2) is 0 Å². The fraction of sp³-hybridized carbons (Fsp3) is 1.00. The number of hydrogen-bond donors (Lipinski definition) is 0. The van der Waals surface area contributed by atoms with Crippen molar-refractivity contribution in [3.05, 3.63) is 0 Å². The zero-order chi connectivity index (χ0) is 11.4. The Morgan fingerprint density at radius 2 is 1.87 bits per heavy atom. The van der Waals surface area contributed by atoms with Crippen molar-refractivity contribution in [2.24, 2.45) is 11.8 Å². The highest BCUT2D eigenvalue weighted by Crippen LogP contribution is 2.28. The first kappa shape index (κ1) is 13.0. The molecule has 0 aromatic carbocycles. The molecule has 90 valence electrons. The molecule has 1 fully saturated rings. The van der Waals surface area contributed by atoms with E-state index >= 15 is 0 Å². The Morgan fingerprint density at radius 1 is 1.20 bits per heavy atom. The van der Waals surface area contributed by atoms with Crippen LogP contribution in [0.2, 0.25) is 0 Å². The van der Waals surface area contributed by atoms with Crippen LogP contribution in [0, 0.1) is 11.8 Å². The van der Waals surface area contributed by atoms with Crippen molar-refractivity contribution < 1.29 is 4.74 Å². The normalized spacial score (nSPS) is 29.0.